The van der Waals surface area contributed by atoms with Gasteiger partial charge in [0.25, 0.3) is 0 Å². The topological polar surface area (TPSA) is 125 Å². The van der Waals surface area contributed by atoms with Crippen molar-refractivity contribution in [1.82, 2.24) is 14.5 Å². The zero-order valence-electron chi connectivity index (χ0n) is 18.7. The molecule has 0 radical (unpaired) electrons. The summed E-state index contributed by atoms with van der Waals surface area (Å²) in [6, 6.07) is 8.30. The molecular weight excluding hydrogens is 422 g/mol. The maximum atomic E-state index is 12.9. The molecule has 4 rings (SSSR count). The summed E-state index contributed by atoms with van der Waals surface area (Å²) in [4.78, 5) is 39.4. The predicted octanol–water partition coefficient (Wildman–Crippen LogP) is 4.39. The third-order valence-electron chi connectivity index (χ3n) is 5.91. The van der Waals surface area contributed by atoms with Gasteiger partial charge in [0.15, 0.2) is 5.78 Å². The molecule has 3 aromatic rings. The lowest BCUT2D eigenvalue weighted by atomic mass is 10.0. The van der Waals surface area contributed by atoms with E-state index in [2.05, 4.69) is 38.9 Å². The number of aromatic amines is 1. The van der Waals surface area contributed by atoms with Gasteiger partial charge >= 0.3 is 11.9 Å². The van der Waals surface area contributed by atoms with Crippen LogP contribution in [0.25, 0.3) is 10.9 Å². The van der Waals surface area contributed by atoms with Crippen LogP contribution in [-0.4, -0.2) is 42.5 Å². The molecule has 1 fully saturated rings. The molecule has 2 aromatic heterocycles. The number of ketones is 1. The number of nitrogens with zero attached hydrogens (tertiary/aromatic N) is 2. The Morgan fingerprint density at radius 3 is 2.39 bits per heavy atom. The van der Waals surface area contributed by atoms with Crippen molar-refractivity contribution in [3.63, 3.8) is 0 Å². The number of carbonyl (C=O) groups excluding carboxylic acids is 1. The van der Waals surface area contributed by atoms with Gasteiger partial charge in [0, 0.05) is 53.5 Å². The van der Waals surface area contributed by atoms with Crippen LogP contribution >= 0.6 is 0 Å². The van der Waals surface area contributed by atoms with Crippen LogP contribution in [0.4, 0.5) is 0 Å². The number of rotatable bonds is 8. The number of fused-ring (bicyclic) bond motifs is 1. The molecule has 0 bridgehead atoms. The van der Waals surface area contributed by atoms with Crippen LogP contribution in [0.15, 0.2) is 48.9 Å². The molecule has 33 heavy (non-hydrogen) atoms. The molecule has 3 N–H and O–H groups in total. The van der Waals surface area contributed by atoms with E-state index in [1.165, 1.54) is 31.2 Å². The van der Waals surface area contributed by atoms with Gasteiger partial charge in [-0.1, -0.05) is 31.0 Å². The Morgan fingerprint density at radius 2 is 1.79 bits per heavy atom. The van der Waals surface area contributed by atoms with Crippen LogP contribution in [0.3, 0.4) is 0 Å². The summed E-state index contributed by atoms with van der Waals surface area (Å²) in [5, 5.41) is 16.7. The van der Waals surface area contributed by atoms with Gasteiger partial charge in [0.1, 0.15) is 0 Å². The number of carboxylic acid groups (broad SMARTS) is 2. The molecule has 1 aromatic carbocycles. The van der Waals surface area contributed by atoms with Crippen molar-refractivity contribution in [3.8, 4) is 0 Å². The van der Waals surface area contributed by atoms with Crippen molar-refractivity contribution in [2.45, 2.75) is 52.0 Å². The number of nitrogens with one attached hydrogen (secondary N) is 1. The first-order chi connectivity index (χ1) is 15.8. The number of Topliss-reactive ketones (excluding diaryl/α,β-unsaturated/α-hetero) is 1. The van der Waals surface area contributed by atoms with Crippen molar-refractivity contribution in [3.05, 3.63) is 65.9 Å². The minimum atomic E-state index is -1.26. The molecule has 0 amide bonds. The summed E-state index contributed by atoms with van der Waals surface area (Å²) in [5.41, 5.74) is 4.09. The van der Waals surface area contributed by atoms with Crippen LogP contribution in [0.2, 0.25) is 0 Å². The molecule has 0 aliphatic heterocycles. The van der Waals surface area contributed by atoms with Gasteiger partial charge in [-0.3, -0.25) is 4.79 Å². The van der Waals surface area contributed by atoms with E-state index in [0.29, 0.717) is 25.0 Å². The van der Waals surface area contributed by atoms with Crippen molar-refractivity contribution < 1.29 is 24.6 Å². The third kappa shape index (κ3) is 6.65. The van der Waals surface area contributed by atoms with E-state index in [1.807, 2.05) is 13.0 Å². The lowest BCUT2D eigenvalue weighted by molar-refractivity contribution is -0.134. The number of imidazole rings is 1. The fraction of sp³-hybridized carbons (Fsp3) is 0.360. The van der Waals surface area contributed by atoms with Gasteiger partial charge in [0.2, 0.25) is 0 Å². The summed E-state index contributed by atoms with van der Waals surface area (Å²) in [7, 11) is 0. The molecule has 8 nitrogen and oxygen atoms in total. The smallest absolute Gasteiger partial charge is 0.328 e. The first-order valence-electron chi connectivity index (χ1n) is 11.1. The molecule has 2 heterocycles. The van der Waals surface area contributed by atoms with Gasteiger partial charge in [-0.2, -0.15) is 0 Å². The highest BCUT2D eigenvalue weighted by molar-refractivity contribution is 6.08. The number of benzene rings is 1. The number of hydrogen-bond donors (Lipinski definition) is 3. The lowest BCUT2D eigenvalue weighted by Gasteiger charge is -2.11. The number of aryl methyl sites for hydroxylation is 2. The van der Waals surface area contributed by atoms with Crippen molar-refractivity contribution >= 4 is 28.6 Å². The highest BCUT2D eigenvalue weighted by Gasteiger charge is 2.20. The van der Waals surface area contributed by atoms with Crippen LogP contribution in [-0.2, 0) is 22.6 Å². The van der Waals surface area contributed by atoms with E-state index in [-0.39, 0.29) is 5.78 Å². The number of H-pyrrole nitrogens is 1. The standard InChI is InChI=1S/C21H25N3O.C4H4O4/c1-15-19(23-14-22-15)10-11-21(25)18-13-24(12-16-6-2-3-7-16)20-9-5-4-8-17(18)20;5-3(6)1-2-4(7)8/h4-5,8-9,13-14,16H,2-3,6-7,10-12H2,1H3,(H,22,23);1-2H,(H,5,6)(H,7,8)/b;2-1-. The maximum absolute atomic E-state index is 12.9. The van der Waals surface area contributed by atoms with E-state index < -0.39 is 11.9 Å². The minimum absolute atomic E-state index is 0.212. The average molecular weight is 452 g/mol. The van der Waals surface area contributed by atoms with Gasteiger partial charge in [-0.15, -0.1) is 0 Å². The Morgan fingerprint density at radius 1 is 1.12 bits per heavy atom. The number of hydrogen-bond acceptors (Lipinski definition) is 4. The fourth-order valence-corrected chi connectivity index (χ4v) is 4.24. The number of aliphatic carboxylic acids is 2. The zero-order chi connectivity index (χ0) is 23.8. The molecule has 0 saturated heterocycles. The van der Waals surface area contributed by atoms with Gasteiger partial charge in [0.05, 0.1) is 12.0 Å². The van der Waals surface area contributed by atoms with Crippen molar-refractivity contribution in [2.75, 3.05) is 0 Å². The largest absolute Gasteiger partial charge is 0.478 e. The number of carbonyl (C=O) groups is 3. The first kappa shape index (κ1) is 24.0. The second kappa shape index (κ2) is 11.3. The second-order valence-electron chi connectivity index (χ2n) is 8.27. The van der Waals surface area contributed by atoms with E-state index in [4.69, 9.17) is 10.2 Å². The number of aromatic nitrogens is 3. The van der Waals surface area contributed by atoms with Crippen LogP contribution in [0.5, 0.6) is 0 Å². The second-order valence-corrected chi connectivity index (χ2v) is 8.27. The molecular formula is C25H29N3O5. The minimum Gasteiger partial charge on any atom is -0.478 e. The average Bonchev–Trinajstić information content (AvgIpc) is 3.53. The van der Waals surface area contributed by atoms with Crippen LogP contribution in [0.1, 0.15) is 53.8 Å². The number of para-hydroxylation sites is 1. The zero-order valence-corrected chi connectivity index (χ0v) is 18.7. The van der Waals surface area contributed by atoms with Crippen molar-refractivity contribution in [1.29, 1.82) is 0 Å². The van der Waals surface area contributed by atoms with E-state index in [0.717, 1.165) is 34.8 Å². The number of carboxylic acids is 2. The Hall–Kier alpha value is -3.68. The van der Waals surface area contributed by atoms with Crippen molar-refractivity contribution in [2.24, 2.45) is 5.92 Å². The SMILES string of the molecule is Cc1[nH]cnc1CCC(=O)c1cn(CC2CCCC2)c2ccccc12.O=C(O)/C=C\C(=O)O. The van der Waals surface area contributed by atoms with Gasteiger partial charge < -0.3 is 19.8 Å². The molecule has 1 saturated carbocycles. The summed E-state index contributed by atoms with van der Waals surface area (Å²) in [6.45, 7) is 3.03. The van der Waals surface area contributed by atoms with E-state index >= 15 is 0 Å². The summed E-state index contributed by atoms with van der Waals surface area (Å²) in [5.74, 6) is -1.55. The predicted molar refractivity (Wildman–Crippen MR) is 124 cm³/mol. The van der Waals surface area contributed by atoms with Crippen LogP contribution < -0.4 is 0 Å². The molecule has 0 atom stereocenters. The van der Waals surface area contributed by atoms with Gasteiger partial charge in [-0.05, 0) is 38.2 Å². The van der Waals surface area contributed by atoms with E-state index in [1.54, 1.807) is 6.33 Å². The first-order valence-corrected chi connectivity index (χ1v) is 11.1. The highest BCUT2D eigenvalue weighted by atomic mass is 16.4. The Bertz CT molecular complexity index is 1140. The maximum Gasteiger partial charge on any atom is 0.328 e. The lowest BCUT2D eigenvalue weighted by Crippen LogP contribution is -2.06. The Balaban J connectivity index is 0.000000331. The normalized spacial score (nSPS) is 13.8. The molecule has 1 aliphatic carbocycles. The fourth-order valence-electron chi connectivity index (χ4n) is 4.24. The third-order valence-corrected chi connectivity index (χ3v) is 5.91. The molecule has 8 heteroatoms. The molecule has 1 aliphatic rings. The monoisotopic (exact) mass is 451 g/mol. The Labute approximate surface area is 192 Å². The molecule has 0 unspecified atom stereocenters. The molecule has 0 spiro atoms. The van der Waals surface area contributed by atoms with E-state index in [9.17, 15) is 14.4 Å². The van der Waals surface area contributed by atoms with Crippen LogP contribution in [0, 0.1) is 12.8 Å². The van der Waals surface area contributed by atoms with Gasteiger partial charge in [-0.25, -0.2) is 14.6 Å². The quantitative estimate of drug-likeness (QED) is 0.344. The highest BCUT2D eigenvalue weighted by Crippen LogP contribution is 2.29. The summed E-state index contributed by atoms with van der Waals surface area (Å²) < 4.78 is 2.30. The molecule has 174 valence electrons. The summed E-state index contributed by atoms with van der Waals surface area (Å²) >= 11 is 0. The summed E-state index contributed by atoms with van der Waals surface area (Å²) in [6.07, 6.45) is 11.4. The Kier molecular flexibility index (Phi) is 8.18.